The van der Waals surface area contributed by atoms with Crippen LogP contribution in [-0.2, 0) is 9.53 Å². The SMILES string of the molecule is CCNC(CN1CCCCC1CC)C(=O)OCC. The van der Waals surface area contributed by atoms with Gasteiger partial charge in [0.25, 0.3) is 0 Å². The van der Waals surface area contributed by atoms with E-state index in [2.05, 4.69) is 17.1 Å². The molecule has 106 valence electrons. The summed E-state index contributed by atoms with van der Waals surface area (Å²) in [6.07, 6.45) is 5.00. The van der Waals surface area contributed by atoms with Crippen LogP contribution in [0, 0.1) is 0 Å². The van der Waals surface area contributed by atoms with E-state index in [1.54, 1.807) is 0 Å². The minimum atomic E-state index is -0.179. The summed E-state index contributed by atoms with van der Waals surface area (Å²) in [6.45, 7) is 9.27. The van der Waals surface area contributed by atoms with Crippen LogP contribution in [0.4, 0.5) is 0 Å². The first-order valence-corrected chi connectivity index (χ1v) is 7.36. The van der Waals surface area contributed by atoms with E-state index in [4.69, 9.17) is 4.74 Å². The van der Waals surface area contributed by atoms with Crippen LogP contribution in [0.15, 0.2) is 0 Å². The number of hydrogen-bond acceptors (Lipinski definition) is 4. The molecule has 0 amide bonds. The molecular weight excluding hydrogens is 228 g/mol. The van der Waals surface area contributed by atoms with Crippen LogP contribution >= 0.6 is 0 Å². The minimum Gasteiger partial charge on any atom is -0.465 e. The minimum absolute atomic E-state index is 0.111. The molecule has 1 heterocycles. The van der Waals surface area contributed by atoms with Gasteiger partial charge in [0.15, 0.2) is 0 Å². The van der Waals surface area contributed by atoms with Gasteiger partial charge in [0, 0.05) is 12.6 Å². The molecule has 1 fully saturated rings. The highest BCUT2D eigenvalue weighted by Crippen LogP contribution is 2.19. The third-order valence-corrected chi connectivity index (χ3v) is 3.66. The van der Waals surface area contributed by atoms with E-state index >= 15 is 0 Å². The standard InChI is InChI=1S/C14H28N2O2/c1-4-12-9-7-8-10-16(12)11-13(15-5-2)14(17)18-6-3/h12-13,15H,4-11H2,1-3H3. The average molecular weight is 256 g/mol. The molecule has 0 aromatic carbocycles. The lowest BCUT2D eigenvalue weighted by molar-refractivity contribution is -0.146. The first kappa shape index (κ1) is 15.4. The van der Waals surface area contributed by atoms with E-state index in [9.17, 15) is 4.79 Å². The van der Waals surface area contributed by atoms with Gasteiger partial charge in [-0.2, -0.15) is 0 Å². The van der Waals surface area contributed by atoms with Gasteiger partial charge in [0.1, 0.15) is 6.04 Å². The molecule has 0 saturated carbocycles. The Kier molecular flexibility index (Phi) is 7.28. The van der Waals surface area contributed by atoms with Crippen molar-refractivity contribution in [3.05, 3.63) is 0 Å². The maximum atomic E-state index is 11.9. The molecule has 0 aromatic rings. The van der Waals surface area contributed by atoms with E-state index in [1.807, 2.05) is 13.8 Å². The molecular formula is C14H28N2O2. The Balaban J connectivity index is 2.54. The van der Waals surface area contributed by atoms with E-state index in [1.165, 1.54) is 25.7 Å². The van der Waals surface area contributed by atoms with Crippen molar-refractivity contribution in [2.75, 3.05) is 26.2 Å². The number of likely N-dealkylation sites (N-methyl/N-ethyl adjacent to an activating group) is 1. The maximum Gasteiger partial charge on any atom is 0.324 e. The normalized spacial score (nSPS) is 22.7. The molecule has 0 spiro atoms. The average Bonchev–Trinajstić information content (AvgIpc) is 2.39. The van der Waals surface area contributed by atoms with Crippen molar-refractivity contribution in [2.45, 2.75) is 58.5 Å². The van der Waals surface area contributed by atoms with E-state index < -0.39 is 0 Å². The number of likely N-dealkylation sites (tertiary alicyclic amines) is 1. The monoisotopic (exact) mass is 256 g/mol. The highest BCUT2D eigenvalue weighted by Gasteiger charge is 2.27. The fourth-order valence-electron chi connectivity index (χ4n) is 2.71. The fourth-order valence-corrected chi connectivity index (χ4v) is 2.71. The molecule has 1 aliphatic heterocycles. The largest absolute Gasteiger partial charge is 0.465 e. The Bertz CT molecular complexity index is 246. The number of piperidine rings is 1. The summed E-state index contributed by atoms with van der Waals surface area (Å²) in [7, 11) is 0. The topological polar surface area (TPSA) is 41.6 Å². The first-order chi connectivity index (χ1) is 8.72. The Morgan fingerprint density at radius 1 is 1.39 bits per heavy atom. The van der Waals surface area contributed by atoms with Crippen molar-refractivity contribution >= 4 is 5.97 Å². The summed E-state index contributed by atoms with van der Waals surface area (Å²) >= 11 is 0. The third kappa shape index (κ3) is 4.58. The van der Waals surface area contributed by atoms with E-state index in [0.29, 0.717) is 12.6 Å². The molecule has 18 heavy (non-hydrogen) atoms. The highest BCUT2D eigenvalue weighted by atomic mass is 16.5. The third-order valence-electron chi connectivity index (χ3n) is 3.66. The molecule has 4 nitrogen and oxygen atoms in total. The van der Waals surface area contributed by atoms with Gasteiger partial charge in [-0.3, -0.25) is 9.69 Å². The number of hydrogen-bond donors (Lipinski definition) is 1. The first-order valence-electron chi connectivity index (χ1n) is 7.36. The van der Waals surface area contributed by atoms with Crippen molar-refractivity contribution in [3.8, 4) is 0 Å². The summed E-state index contributed by atoms with van der Waals surface area (Å²) in [4.78, 5) is 14.3. The van der Waals surface area contributed by atoms with Gasteiger partial charge in [-0.05, 0) is 39.3 Å². The lowest BCUT2D eigenvalue weighted by Gasteiger charge is -2.37. The molecule has 0 aliphatic carbocycles. The molecule has 0 bridgehead atoms. The Morgan fingerprint density at radius 2 is 2.17 bits per heavy atom. The predicted octanol–water partition coefficient (Wildman–Crippen LogP) is 1.79. The highest BCUT2D eigenvalue weighted by molar-refractivity contribution is 5.76. The molecule has 1 N–H and O–H groups in total. The second-order valence-corrected chi connectivity index (χ2v) is 4.92. The molecule has 1 saturated heterocycles. The number of carbonyl (C=O) groups is 1. The Labute approximate surface area is 111 Å². The molecule has 2 unspecified atom stereocenters. The smallest absolute Gasteiger partial charge is 0.324 e. The van der Waals surface area contributed by atoms with Crippen LogP contribution in [0.2, 0.25) is 0 Å². The van der Waals surface area contributed by atoms with Crippen molar-refractivity contribution in [1.82, 2.24) is 10.2 Å². The van der Waals surface area contributed by atoms with Crippen molar-refractivity contribution in [1.29, 1.82) is 0 Å². The lowest BCUT2D eigenvalue weighted by atomic mass is 9.99. The molecule has 4 heteroatoms. The van der Waals surface area contributed by atoms with Crippen molar-refractivity contribution in [2.24, 2.45) is 0 Å². The Morgan fingerprint density at radius 3 is 2.78 bits per heavy atom. The van der Waals surface area contributed by atoms with Crippen LogP contribution in [0.3, 0.4) is 0 Å². The fraction of sp³-hybridized carbons (Fsp3) is 0.929. The lowest BCUT2D eigenvalue weighted by Crippen LogP contribution is -2.51. The van der Waals surface area contributed by atoms with E-state index in [0.717, 1.165) is 19.6 Å². The summed E-state index contributed by atoms with van der Waals surface area (Å²) in [5, 5.41) is 3.24. The van der Waals surface area contributed by atoms with Gasteiger partial charge in [-0.1, -0.05) is 20.3 Å². The van der Waals surface area contributed by atoms with Gasteiger partial charge in [-0.15, -0.1) is 0 Å². The number of esters is 1. The van der Waals surface area contributed by atoms with Crippen LogP contribution in [0.25, 0.3) is 0 Å². The zero-order valence-corrected chi connectivity index (χ0v) is 12.1. The summed E-state index contributed by atoms with van der Waals surface area (Å²) < 4.78 is 5.14. The van der Waals surface area contributed by atoms with Gasteiger partial charge >= 0.3 is 5.97 Å². The predicted molar refractivity (Wildman–Crippen MR) is 73.6 cm³/mol. The second kappa shape index (κ2) is 8.48. The van der Waals surface area contributed by atoms with Crippen LogP contribution < -0.4 is 5.32 Å². The van der Waals surface area contributed by atoms with Crippen molar-refractivity contribution in [3.63, 3.8) is 0 Å². The molecule has 0 radical (unpaired) electrons. The Hall–Kier alpha value is -0.610. The second-order valence-electron chi connectivity index (χ2n) is 4.92. The van der Waals surface area contributed by atoms with Crippen LogP contribution in [0.1, 0.15) is 46.5 Å². The van der Waals surface area contributed by atoms with Crippen LogP contribution in [0.5, 0.6) is 0 Å². The number of ether oxygens (including phenoxy) is 1. The van der Waals surface area contributed by atoms with E-state index in [-0.39, 0.29) is 12.0 Å². The van der Waals surface area contributed by atoms with Gasteiger partial charge in [0.05, 0.1) is 6.61 Å². The van der Waals surface area contributed by atoms with Gasteiger partial charge in [0.2, 0.25) is 0 Å². The maximum absolute atomic E-state index is 11.9. The molecule has 0 aromatic heterocycles. The summed E-state index contributed by atoms with van der Waals surface area (Å²) in [5.41, 5.74) is 0. The van der Waals surface area contributed by atoms with Crippen LogP contribution in [-0.4, -0.2) is 49.2 Å². The molecule has 2 atom stereocenters. The number of nitrogens with zero attached hydrogens (tertiary/aromatic N) is 1. The zero-order chi connectivity index (χ0) is 13.4. The summed E-state index contributed by atoms with van der Waals surface area (Å²) in [6, 6.07) is 0.455. The zero-order valence-electron chi connectivity index (χ0n) is 12.1. The number of carbonyl (C=O) groups excluding carboxylic acids is 1. The van der Waals surface area contributed by atoms with Gasteiger partial charge in [-0.25, -0.2) is 0 Å². The number of nitrogens with one attached hydrogen (secondary N) is 1. The molecule has 1 aliphatic rings. The number of rotatable bonds is 7. The molecule has 1 rings (SSSR count). The quantitative estimate of drug-likeness (QED) is 0.705. The van der Waals surface area contributed by atoms with Crippen molar-refractivity contribution < 1.29 is 9.53 Å². The summed E-state index contributed by atoms with van der Waals surface area (Å²) in [5.74, 6) is -0.111. The van der Waals surface area contributed by atoms with Gasteiger partial charge < -0.3 is 10.1 Å².